The van der Waals surface area contributed by atoms with Crippen molar-refractivity contribution in [2.24, 2.45) is 5.73 Å². The second kappa shape index (κ2) is 3.63. The van der Waals surface area contributed by atoms with Gasteiger partial charge < -0.3 is 5.73 Å². The third-order valence-electron chi connectivity index (χ3n) is 0.832. The molecule has 0 radical (unpaired) electrons. The van der Waals surface area contributed by atoms with Crippen molar-refractivity contribution in [3.8, 4) is 0 Å². The van der Waals surface area contributed by atoms with Gasteiger partial charge in [-0.1, -0.05) is 0 Å². The zero-order valence-corrected chi connectivity index (χ0v) is 7.16. The van der Waals surface area contributed by atoms with E-state index in [2.05, 4.69) is 0 Å². The average molecular weight is 207 g/mol. The summed E-state index contributed by atoms with van der Waals surface area (Å²) in [7, 11) is 0. The van der Waals surface area contributed by atoms with Crippen molar-refractivity contribution in [3.63, 3.8) is 0 Å². The number of thiophene rings is 1. The molecule has 0 unspecified atom stereocenters. The third kappa shape index (κ3) is 2.15. The Hall–Kier alpha value is -0.350. The van der Waals surface area contributed by atoms with Crippen LogP contribution in [0.15, 0.2) is 16.8 Å². The summed E-state index contributed by atoms with van der Waals surface area (Å²) in [6, 6.07) is 1.83. The molecule has 0 aliphatic carbocycles. The Morgan fingerprint density at radius 2 is 2.33 bits per heavy atom. The minimum Gasteiger partial charge on any atom is -0.384 e. The summed E-state index contributed by atoms with van der Waals surface area (Å²) in [5, 5.41) is 10.7. The number of amidine groups is 1. The van der Waals surface area contributed by atoms with Crippen LogP contribution in [0.4, 0.5) is 0 Å². The number of nitrogen functional groups attached to an aromatic ring is 1. The smallest absolute Gasteiger partial charge is 0.123 e. The number of nitrogens with two attached hydrogens (primary N) is 1. The third-order valence-corrected chi connectivity index (χ3v) is 1.52. The van der Waals surface area contributed by atoms with Crippen LogP contribution in [0.3, 0.4) is 0 Å². The minimum atomic E-state index is 0. The number of hydrogen-bond acceptors (Lipinski definition) is 2. The predicted molar refractivity (Wildman–Crippen MR) is 45.7 cm³/mol. The highest BCUT2D eigenvalue weighted by Crippen LogP contribution is 2.03. The molecule has 1 aromatic heterocycles. The van der Waals surface area contributed by atoms with E-state index in [0.29, 0.717) is 0 Å². The summed E-state index contributed by atoms with van der Waals surface area (Å²) in [4.78, 5) is 0. The van der Waals surface area contributed by atoms with Gasteiger partial charge in [-0.15, -0.1) is 17.0 Å². The summed E-state index contributed by atoms with van der Waals surface area (Å²) in [6.07, 6.45) is 0. The average Bonchev–Trinajstić information content (AvgIpc) is 2.12. The second-order valence-electron chi connectivity index (χ2n) is 1.43. The van der Waals surface area contributed by atoms with Gasteiger partial charge in [0.25, 0.3) is 0 Å². The SMILES string of the molecule is Br.N=C(N)c1ccsc1. The molecule has 3 N–H and O–H groups in total. The van der Waals surface area contributed by atoms with Gasteiger partial charge in [0.15, 0.2) is 0 Å². The van der Waals surface area contributed by atoms with E-state index in [1.807, 2.05) is 16.8 Å². The number of nitrogens with one attached hydrogen (secondary N) is 1. The summed E-state index contributed by atoms with van der Waals surface area (Å²) in [5.41, 5.74) is 5.96. The van der Waals surface area contributed by atoms with Crippen LogP contribution in [0, 0.1) is 5.41 Å². The zero-order chi connectivity index (χ0) is 5.98. The van der Waals surface area contributed by atoms with Crippen LogP contribution in [0.25, 0.3) is 0 Å². The van der Waals surface area contributed by atoms with Crippen molar-refractivity contribution in [3.05, 3.63) is 22.4 Å². The first-order valence-corrected chi connectivity index (χ1v) is 3.11. The molecule has 2 nitrogen and oxygen atoms in total. The molecule has 4 heteroatoms. The Balaban J connectivity index is 0.000000640. The fraction of sp³-hybridized carbons (Fsp3) is 0. The molecule has 0 atom stereocenters. The summed E-state index contributed by atoms with van der Waals surface area (Å²) in [6.45, 7) is 0. The van der Waals surface area contributed by atoms with Gasteiger partial charge in [0.2, 0.25) is 0 Å². The molecule has 0 aliphatic heterocycles. The van der Waals surface area contributed by atoms with Gasteiger partial charge in [0, 0.05) is 10.9 Å². The lowest BCUT2D eigenvalue weighted by Crippen LogP contribution is -2.08. The predicted octanol–water partition coefficient (Wildman–Crippen LogP) is 1.61. The molecule has 50 valence electrons. The second-order valence-corrected chi connectivity index (χ2v) is 2.21. The monoisotopic (exact) mass is 206 g/mol. The first-order chi connectivity index (χ1) is 3.80. The maximum atomic E-state index is 6.94. The molecule has 0 spiro atoms. The van der Waals surface area contributed by atoms with Crippen LogP contribution < -0.4 is 5.73 Å². The van der Waals surface area contributed by atoms with Gasteiger partial charge in [0.1, 0.15) is 5.84 Å². The number of rotatable bonds is 1. The minimum absolute atomic E-state index is 0. The Labute approximate surface area is 68.0 Å². The maximum absolute atomic E-state index is 6.94. The van der Waals surface area contributed by atoms with Crippen LogP contribution in [-0.2, 0) is 0 Å². The fourth-order valence-corrected chi connectivity index (χ4v) is 1.07. The first kappa shape index (κ1) is 8.65. The van der Waals surface area contributed by atoms with Crippen molar-refractivity contribution < 1.29 is 0 Å². The largest absolute Gasteiger partial charge is 0.384 e. The lowest BCUT2D eigenvalue weighted by Gasteiger charge is -1.85. The number of hydrogen-bond donors (Lipinski definition) is 2. The first-order valence-electron chi connectivity index (χ1n) is 2.17. The van der Waals surface area contributed by atoms with Crippen LogP contribution in [0.5, 0.6) is 0 Å². The van der Waals surface area contributed by atoms with Crippen molar-refractivity contribution >= 4 is 34.2 Å². The van der Waals surface area contributed by atoms with Gasteiger partial charge in [-0.05, 0) is 11.4 Å². The highest BCUT2D eigenvalue weighted by atomic mass is 79.9. The fourth-order valence-electron chi connectivity index (χ4n) is 0.418. The van der Waals surface area contributed by atoms with Crippen LogP contribution in [0.2, 0.25) is 0 Å². The molecule has 0 aromatic carbocycles. The van der Waals surface area contributed by atoms with Crippen LogP contribution in [-0.4, -0.2) is 5.84 Å². The van der Waals surface area contributed by atoms with E-state index in [0.717, 1.165) is 5.56 Å². The summed E-state index contributed by atoms with van der Waals surface area (Å²) >= 11 is 1.55. The lowest BCUT2D eigenvalue weighted by atomic mass is 10.3. The lowest BCUT2D eigenvalue weighted by molar-refractivity contribution is 1.44. The topological polar surface area (TPSA) is 49.9 Å². The van der Waals surface area contributed by atoms with Crippen molar-refractivity contribution in [1.29, 1.82) is 5.41 Å². The molecule has 1 heterocycles. The Kier molecular flexibility index (Phi) is 3.49. The molecular weight excluding hydrogens is 200 g/mol. The normalized spacial score (nSPS) is 8.00. The molecule has 0 fully saturated rings. The van der Waals surface area contributed by atoms with E-state index < -0.39 is 0 Å². The molecule has 9 heavy (non-hydrogen) atoms. The van der Waals surface area contributed by atoms with Crippen LogP contribution >= 0.6 is 28.3 Å². The van der Waals surface area contributed by atoms with E-state index in [1.54, 1.807) is 11.3 Å². The molecule has 1 rings (SSSR count). The molecule has 0 aliphatic rings. The van der Waals surface area contributed by atoms with E-state index in [1.165, 1.54) is 0 Å². The Bertz CT molecular complexity index is 183. The van der Waals surface area contributed by atoms with Gasteiger partial charge in [0.05, 0.1) is 0 Å². The standard InChI is InChI=1S/C5H6N2S.BrH/c6-5(7)4-1-2-8-3-4;/h1-3H,(H3,6,7);1H. The number of halogens is 1. The summed E-state index contributed by atoms with van der Waals surface area (Å²) in [5.74, 6) is 0.145. The van der Waals surface area contributed by atoms with E-state index in [4.69, 9.17) is 11.1 Å². The molecule has 0 saturated heterocycles. The van der Waals surface area contributed by atoms with E-state index in [9.17, 15) is 0 Å². The van der Waals surface area contributed by atoms with Gasteiger partial charge in [-0.3, -0.25) is 5.41 Å². The Morgan fingerprint density at radius 3 is 2.56 bits per heavy atom. The Morgan fingerprint density at radius 1 is 1.67 bits per heavy atom. The summed E-state index contributed by atoms with van der Waals surface area (Å²) < 4.78 is 0. The van der Waals surface area contributed by atoms with Crippen molar-refractivity contribution in [1.82, 2.24) is 0 Å². The molecular formula is C5H7BrN2S. The highest BCUT2D eigenvalue weighted by Gasteiger charge is 1.91. The van der Waals surface area contributed by atoms with Gasteiger partial charge >= 0.3 is 0 Å². The molecule has 0 bridgehead atoms. The maximum Gasteiger partial charge on any atom is 0.123 e. The van der Waals surface area contributed by atoms with E-state index in [-0.39, 0.29) is 22.8 Å². The van der Waals surface area contributed by atoms with E-state index >= 15 is 0 Å². The van der Waals surface area contributed by atoms with Gasteiger partial charge in [-0.2, -0.15) is 11.3 Å². The quantitative estimate of drug-likeness (QED) is 0.533. The van der Waals surface area contributed by atoms with Gasteiger partial charge in [-0.25, -0.2) is 0 Å². The van der Waals surface area contributed by atoms with Crippen molar-refractivity contribution in [2.45, 2.75) is 0 Å². The van der Waals surface area contributed by atoms with Crippen molar-refractivity contribution in [2.75, 3.05) is 0 Å². The zero-order valence-electron chi connectivity index (χ0n) is 4.63. The molecule has 1 aromatic rings. The highest BCUT2D eigenvalue weighted by molar-refractivity contribution is 8.93. The van der Waals surface area contributed by atoms with Crippen LogP contribution in [0.1, 0.15) is 5.56 Å². The molecule has 0 saturated carbocycles. The molecule has 0 amide bonds.